The third kappa shape index (κ3) is 4.46. The molecule has 4 heterocycles. The maximum absolute atomic E-state index is 15.4. The van der Waals surface area contributed by atoms with Gasteiger partial charge in [-0.3, -0.25) is 9.59 Å². The summed E-state index contributed by atoms with van der Waals surface area (Å²) in [6.07, 6.45) is 4.06. The molecule has 200 valence electrons. The van der Waals surface area contributed by atoms with E-state index in [1.54, 1.807) is 6.07 Å². The maximum Gasteiger partial charge on any atom is 0.308 e. The van der Waals surface area contributed by atoms with E-state index in [4.69, 9.17) is 0 Å². The zero-order valence-electron chi connectivity index (χ0n) is 22.2. The molecule has 4 aromatic rings. The van der Waals surface area contributed by atoms with Crippen LogP contribution in [0.1, 0.15) is 53.5 Å². The molecule has 0 aliphatic carbocycles. The van der Waals surface area contributed by atoms with Crippen LogP contribution in [0.3, 0.4) is 0 Å². The number of aromatic nitrogens is 1. The molecule has 1 amide bonds. The number of hydrogen-bond acceptors (Lipinski definition) is 3. The molecule has 2 aliphatic rings. The summed E-state index contributed by atoms with van der Waals surface area (Å²) in [5, 5.41) is 9.29. The van der Waals surface area contributed by atoms with Crippen LogP contribution in [0.15, 0.2) is 66.9 Å². The van der Waals surface area contributed by atoms with Crippen LogP contribution in [-0.2, 0) is 17.6 Å². The van der Waals surface area contributed by atoms with Gasteiger partial charge in [0, 0.05) is 59.4 Å². The first kappa shape index (κ1) is 25.2. The van der Waals surface area contributed by atoms with Gasteiger partial charge in [0.2, 0.25) is 0 Å². The smallest absolute Gasteiger partial charge is 0.308 e. The number of carboxylic acid groups (broad SMARTS) is 1. The number of carbonyl (C=O) groups is 2. The average molecular weight is 526 g/mol. The van der Waals surface area contributed by atoms with Crippen LogP contribution in [0.2, 0.25) is 0 Å². The Hall–Kier alpha value is -4.13. The Labute approximate surface area is 227 Å². The van der Waals surface area contributed by atoms with Crippen molar-refractivity contribution in [3.63, 3.8) is 0 Å². The summed E-state index contributed by atoms with van der Waals surface area (Å²) >= 11 is 0. The first-order chi connectivity index (χ1) is 18.8. The summed E-state index contributed by atoms with van der Waals surface area (Å²) in [7, 11) is 0. The van der Waals surface area contributed by atoms with Crippen LogP contribution in [0, 0.1) is 11.7 Å². The molecule has 0 saturated carbocycles. The number of halogens is 1. The molecule has 7 heteroatoms. The van der Waals surface area contributed by atoms with E-state index in [0.717, 1.165) is 29.6 Å². The Kier molecular flexibility index (Phi) is 6.37. The molecule has 6 rings (SSSR count). The Morgan fingerprint density at radius 3 is 2.62 bits per heavy atom. The highest BCUT2D eigenvalue weighted by Gasteiger charge is 2.30. The second kappa shape index (κ2) is 9.88. The highest BCUT2D eigenvalue weighted by molar-refractivity contribution is 5.96. The standard InChI is InChI=1S/C32H32FN3O3/c1-3-25-14-23(31(37)35-13-11-21-6-4-5-7-28(21)20(35)2)15-27-16-24(19-36(25)27)29-9-8-26(17-30(29)33)34-12-10-22(18-34)32(38)39/h4-9,14-17,19-20,22H,3,10-13,18H2,1-2H3,(H,38,39)/t20-,22+/m1/s1. The number of fused-ring (bicyclic) bond motifs is 2. The SMILES string of the molecule is CCc1cc(C(=O)N2CCc3ccccc3[C@H]2C)cc2cc(-c3ccc(N4CC[C@H](C(=O)O)C4)cc3F)cn12. The molecule has 0 spiro atoms. The lowest BCUT2D eigenvalue weighted by molar-refractivity contribution is -0.140. The Bertz CT molecular complexity index is 1590. The van der Waals surface area contributed by atoms with E-state index in [9.17, 15) is 14.7 Å². The molecule has 1 fully saturated rings. The molecule has 2 aliphatic heterocycles. The fourth-order valence-corrected chi connectivity index (χ4v) is 6.18. The number of amides is 1. The number of benzene rings is 2. The van der Waals surface area contributed by atoms with E-state index in [0.29, 0.717) is 42.9 Å². The minimum absolute atomic E-state index is 0.0000881. The summed E-state index contributed by atoms with van der Waals surface area (Å²) < 4.78 is 17.4. The molecule has 2 aromatic heterocycles. The second-order valence-corrected chi connectivity index (χ2v) is 10.7. The van der Waals surface area contributed by atoms with Gasteiger partial charge < -0.3 is 19.3 Å². The number of hydrogen-bond donors (Lipinski definition) is 1. The lowest BCUT2D eigenvalue weighted by Crippen LogP contribution is -2.38. The molecule has 1 N–H and O–H groups in total. The predicted molar refractivity (Wildman–Crippen MR) is 150 cm³/mol. The van der Waals surface area contributed by atoms with Gasteiger partial charge in [-0.1, -0.05) is 31.2 Å². The van der Waals surface area contributed by atoms with Gasteiger partial charge >= 0.3 is 5.97 Å². The molecule has 39 heavy (non-hydrogen) atoms. The van der Waals surface area contributed by atoms with Crippen molar-refractivity contribution in [3.8, 4) is 11.1 Å². The minimum Gasteiger partial charge on any atom is -0.481 e. The normalized spacial score (nSPS) is 18.9. The summed E-state index contributed by atoms with van der Waals surface area (Å²) in [5.41, 5.74) is 6.90. The van der Waals surface area contributed by atoms with Gasteiger partial charge in [-0.2, -0.15) is 0 Å². The summed E-state index contributed by atoms with van der Waals surface area (Å²) in [4.78, 5) is 28.9. The first-order valence-corrected chi connectivity index (χ1v) is 13.7. The van der Waals surface area contributed by atoms with Crippen LogP contribution >= 0.6 is 0 Å². The summed E-state index contributed by atoms with van der Waals surface area (Å²) in [6.45, 7) is 5.81. The van der Waals surface area contributed by atoms with Gasteiger partial charge in [-0.05, 0) is 73.7 Å². The van der Waals surface area contributed by atoms with Gasteiger partial charge in [-0.25, -0.2) is 4.39 Å². The molecule has 0 bridgehead atoms. The van der Waals surface area contributed by atoms with Gasteiger partial charge in [0.1, 0.15) is 5.82 Å². The predicted octanol–water partition coefficient (Wildman–Crippen LogP) is 5.98. The van der Waals surface area contributed by atoms with E-state index in [1.165, 1.54) is 17.2 Å². The number of aryl methyl sites for hydroxylation is 1. The van der Waals surface area contributed by atoms with Crippen LogP contribution in [0.4, 0.5) is 10.1 Å². The lowest BCUT2D eigenvalue weighted by Gasteiger charge is -2.35. The van der Waals surface area contributed by atoms with E-state index >= 15 is 4.39 Å². The van der Waals surface area contributed by atoms with Gasteiger partial charge in [0.25, 0.3) is 5.91 Å². The van der Waals surface area contributed by atoms with Crippen molar-refractivity contribution in [2.24, 2.45) is 5.92 Å². The molecule has 1 saturated heterocycles. The molecule has 2 atom stereocenters. The molecule has 0 radical (unpaired) electrons. The van der Waals surface area contributed by atoms with Crippen LogP contribution < -0.4 is 4.90 Å². The highest BCUT2D eigenvalue weighted by atomic mass is 19.1. The van der Waals surface area contributed by atoms with Crippen molar-refractivity contribution in [2.45, 2.75) is 39.2 Å². The van der Waals surface area contributed by atoms with E-state index < -0.39 is 11.9 Å². The van der Waals surface area contributed by atoms with Crippen LogP contribution in [-0.4, -0.2) is 45.9 Å². The number of carboxylic acids is 1. The number of rotatable bonds is 5. The fraction of sp³-hybridized carbons (Fsp3) is 0.312. The monoisotopic (exact) mass is 525 g/mol. The largest absolute Gasteiger partial charge is 0.481 e. The summed E-state index contributed by atoms with van der Waals surface area (Å²) in [5.74, 6) is -1.56. The first-order valence-electron chi connectivity index (χ1n) is 13.7. The number of carbonyl (C=O) groups excluding carboxylic acids is 1. The van der Waals surface area contributed by atoms with Crippen molar-refractivity contribution >= 4 is 23.1 Å². The van der Waals surface area contributed by atoms with Gasteiger partial charge in [0.15, 0.2) is 0 Å². The van der Waals surface area contributed by atoms with E-state index in [1.807, 2.05) is 56.8 Å². The van der Waals surface area contributed by atoms with E-state index in [-0.39, 0.29) is 17.8 Å². The number of pyridine rings is 1. The third-order valence-electron chi connectivity index (χ3n) is 8.42. The number of anilines is 1. The van der Waals surface area contributed by atoms with E-state index in [2.05, 4.69) is 26.0 Å². The van der Waals surface area contributed by atoms with Crippen molar-refractivity contribution in [1.82, 2.24) is 9.30 Å². The van der Waals surface area contributed by atoms with Crippen molar-refractivity contribution in [2.75, 3.05) is 24.5 Å². The zero-order chi connectivity index (χ0) is 27.3. The lowest BCUT2D eigenvalue weighted by atomic mass is 9.93. The molecule has 2 aromatic carbocycles. The highest BCUT2D eigenvalue weighted by Crippen LogP contribution is 2.33. The zero-order valence-corrected chi connectivity index (χ0v) is 22.2. The molecule has 6 nitrogen and oxygen atoms in total. The van der Waals surface area contributed by atoms with Crippen LogP contribution in [0.5, 0.6) is 0 Å². The molecular formula is C32H32FN3O3. The topological polar surface area (TPSA) is 65.3 Å². The van der Waals surface area contributed by atoms with Gasteiger partial charge in [-0.15, -0.1) is 0 Å². The quantitative estimate of drug-likeness (QED) is 0.348. The Morgan fingerprint density at radius 2 is 1.87 bits per heavy atom. The Morgan fingerprint density at radius 1 is 1.05 bits per heavy atom. The minimum atomic E-state index is -0.806. The second-order valence-electron chi connectivity index (χ2n) is 10.7. The van der Waals surface area contributed by atoms with Crippen LogP contribution in [0.25, 0.3) is 16.6 Å². The Balaban J connectivity index is 1.30. The number of nitrogens with zero attached hydrogens (tertiary/aromatic N) is 3. The van der Waals surface area contributed by atoms with Gasteiger partial charge in [0.05, 0.1) is 12.0 Å². The summed E-state index contributed by atoms with van der Waals surface area (Å²) in [6, 6.07) is 19.2. The van der Waals surface area contributed by atoms with Crippen molar-refractivity contribution < 1.29 is 19.1 Å². The molecule has 0 unspecified atom stereocenters. The van der Waals surface area contributed by atoms with Crippen molar-refractivity contribution in [3.05, 3.63) is 95.1 Å². The maximum atomic E-state index is 15.4. The fourth-order valence-electron chi connectivity index (χ4n) is 6.18. The third-order valence-corrected chi connectivity index (χ3v) is 8.42. The van der Waals surface area contributed by atoms with Crippen molar-refractivity contribution in [1.29, 1.82) is 0 Å². The number of aliphatic carboxylic acids is 1. The molecular weight excluding hydrogens is 493 g/mol. The average Bonchev–Trinajstić information content (AvgIpc) is 3.60.